The molecule has 1 aliphatic heterocycles. The molecule has 1 fully saturated rings. The molecule has 1 aromatic carbocycles. The first-order chi connectivity index (χ1) is 9.11. The first-order valence-electron chi connectivity index (χ1n) is 7.02. The van der Waals surface area contributed by atoms with Crippen molar-refractivity contribution >= 4 is 0 Å². The summed E-state index contributed by atoms with van der Waals surface area (Å²) in [4.78, 5) is 0. The van der Waals surface area contributed by atoms with Gasteiger partial charge in [0.05, 0.1) is 5.60 Å². The molecule has 112 valence electrons. The zero-order chi connectivity index (χ0) is 15.1. The van der Waals surface area contributed by atoms with Crippen molar-refractivity contribution in [3.05, 3.63) is 29.6 Å². The molecule has 0 amide bonds. The fraction of sp³-hybridized carbons (Fsp3) is 0.625. The van der Waals surface area contributed by atoms with Gasteiger partial charge in [-0.3, -0.25) is 0 Å². The molecular weight excluding hydrogens is 257 g/mol. The molecule has 3 nitrogen and oxygen atoms in total. The summed E-state index contributed by atoms with van der Waals surface area (Å²) in [5.74, 6) is 0.194. The second-order valence-electron chi connectivity index (χ2n) is 6.75. The highest BCUT2D eigenvalue weighted by Crippen LogP contribution is 2.39. The first-order valence-corrected chi connectivity index (χ1v) is 7.02. The van der Waals surface area contributed by atoms with Crippen molar-refractivity contribution in [2.24, 2.45) is 5.73 Å². The number of rotatable bonds is 3. The minimum absolute atomic E-state index is 0.0990. The fourth-order valence-electron chi connectivity index (χ4n) is 2.81. The number of nitrogens with two attached hydrogens (primary N) is 1. The van der Waals surface area contributed by atoms with Crippen LogP contribution in [0.5, 0.6) is 5.75 Å². The minimum atomic E-state index is -0.389. The van der Waals surface area contributed by atoms with Crippen LogP contribution in [-0.2, 0) is 4.74 Å². The van der Waals surface area contributed by atoms with E-state index in [0.717, 1.165) is 6.42 Å². The summed E-state index contributed by atoms with van der Waals surface area (Å²) < 4.78 is 25.8. The highest BCUT2D eigenvalue weighted by Gasteiger charge is 2.47. The van der Waals surface area contributed by atoms with E-state index in [4.69, 9.17) is 15.2 Å². The number of hydrogen-bond donors (Lipinski definition) is 1. The quantitative estimate of drug-likeness (QED) is 0.921. The monoisotopic (exact) mass is 281 g/mol. The second kappa shape index (κ2) is 5.01. The van der Waals surface area contributed by atoms with E-state index in [1.165, 1.54) is 6.07 Å². The Labute approximate surface area is 120 Å². The van der Waals surface area contributed by atoms with Crippen LogP contribution in [0.1, 0.15) is 52.6 Å². The third-order valence-corrected chi connectivity index (χ3v) is 3.73. The van der Waals surface area contributed by atoms with E-state index < -0.39 is 0 Å². The molecule has 2 rings (SSSR count). The lowest BCUT2D eigenvalue weighted by Gasteiger charge is -2.27. The predicted molar refractivity (Wildman–Crippen MR) is 77.3 cm³/mol. The van der Waals surface area contributed by atoms with Crippen LogP contribution in [-0.4, -0.2) is 17.3 Å². The van der Waals surface area contributed by atoms with E-state index in [-0.39, 0.29) is 29.2 Å². The van der Waals surface area contributed by atoms with Crippen LogP contribution in [0.3, 0.4) is 0 Å². The third-order valence-electron chi connectivity index (χ3n) is 3.73. The Kier molecular flexibility index (Phi) is 3.82. The number of ether oxygens (including phenoxy) is 2. The topological polar surface area (TPSA) is 44.5 Å². The van der Waals surface area contributed by atoms with Gasteiger partial charge in [-0.25, -0.2) is 4.39 Å². The third kappa shape index (κ3) is 3.13. The summed E-state index contributed by atoms with van der Waals surface area (Å²) >= 11 is 0. The summed E-state index contributed by atoms with van der Waals surface area (Å²) in [6, 6.07) is 4.53. The molecule has 0 radical (unpaired) electrons. The van der Waals surface area contributed by atoms with Gasteiger partial charge in [-0.05, 0) is 40.7 Å². The van der Waals surface area contributed by atoms with Crippen molar-refractivity contribution in [2.45, 2.75) is 64.4 Å². The number of hydrogen-bond acceptors (Lipinski definition) is 3. The van der Waals surface area contributed by atoms with Gasteiger partial charge in [-0.15, -0.1) is 0 Å². The Hall–Kier alpha value is -1.13. The van der Waals surface area contributed by atoms with Crippen LogP contribution in [0.4, 0.5) is 4.39 Å². The first kappa shape index (κ1) is 15.3. The van der Waals surface area contributed by atoms with Crippen molar-refractivity contribution in [2.75, 3.05) is 0 Å². The van der Waals surface area contributed by atoms with Crippen LogP contribution in [0.15, 0.2) is 18.2 Å². The molecule has 4 heteroatoms. The van der Waals surface area contributed by atoms with Gasteiger partial charge in [-0.2, -0.15) is 0 Å². The molecule has 1 aliphatic rings. The zero-order valence-electron chi connectivity index (χ0n) is 12.9. The molecule has 0 aliphatic carbocycles. The highest BCUT2D eigenvalue weighted by atomic mass is 19.1. The van der Waals surface area contributed by atoms with Crippen molar-refractivity contribution in [1.82, 2.24) is 0 Å². The average molecular weight is 281 g/mol. The highest BCUT2D eigenvalue weighted by molar-refractivity contribution is 5.31. The zero-order valence-corrected chi connectivity index (χ0v) is 12.9. The lowest BCUT2D eigenvalue weighted by molar-refractivity contribution is -0.0846. The van der Waals surface area contributed by atoms with Crippen molar-refractivity contribution in [3.8, 4) is 5.75 Å². The van der Waals surface area contributed by atoms with Gasteiger partial charge < -0.3 is 15.2 Å². The van der Waals surface area contributed by atoms with E-state index in [1.807, 2.05) is 27.7 Å². The largest absolute Gasteiger partial charge is 0.487 e. The smallest absolute Gasteiger partial charge is 0.131 e. The second-order valence-corrected chi connectivity index (χ2v) is 6.75. The Morgan fingerprint density at radius 3 is 2.45 bits per heavy atom. The average Bonchev–Trinajstić information content (AvgIpc) is 2.45. The van der Waals surface area contributed by atoms with Crippen LogP contribution in [0.25, 0.3) is 0 Å². The maximum atomic E-state index is 13.9. The summed E-state index contributed by atoms with van der Waals surface area (Å²) in [6.45, 7) is 9.84. The molecule has 1 heterocycles. The van der Waals surface area contributed by atoms with Crippen LogP contribution in [0, 0.1) is 5.82 Å². The van der Waals surface area contributed by atoms with E-state index >= 15 is 0 Å². The molecule has 2 atom stereocenters. The van der Waals surface area contributed by atoms with Gasteiger partial charge in [0.1, 0.15) is 23.3 Å². The molecule has 0 spiro atoms. The number of benzene rings is 1. The van der Waals surface area contributed by atoms with Gasteiger partial charge in [0.15, 0.2) is 0 Å². The van der Waals surface area contributed by atoms with Gasteiger partial charge in [0.25, 0.3) is 0 Å². The standard InChI is InChI=1S/C16H24FNO2/c1-10(18)12-7-6-11(8-13(12)17)19-14-9-15(2,3)20-16(14,4)5/h6-8,10,14H,9,18H2,1-5H3/t10-,14?/m1/s1. The Bertz CT molecular complexity index is 497. The lowest BCUT2D eigenvalue weighted by Crippen LogP contribution is -2.36. The normalized spacial score (nSPS) is 25.4. The summed E-state index contributed by atoms with van der Waals surface area (Å²) in [5, 5.41) is 0. The van der Waals surface area contributed by atoms with Crippen molar-refractivity contribution in [3.63, 3.8) is 0 Å². The SMILES string of the molecule is C[C@@H](N)c1ccc(OC2CC(C)(C)OC2(C)C)cc1F. The molecule has 1 unspecified atom stereocenters. The molecule has 1 saturated heterocycles. The molecular formula is C16H24FNO2. The Morgan fingerprint density at radius 1 is 1.35 bits per heavy atom. The summed E-state index contributed by atoms with van der Waals surface area (Å²) in [5.41, 5.74) is 5.59. The van der Waals surface area contributed by atoms with E-state index in [1.54, 1.807) is 19.1 Å². The minimum Gasteiger partial charge on any atom is -0.487 e. The Morgan fingerprint density at radius 2 is 2.00 bits per heavy atom. The molecule has 2 N–H and O–H groups in total. The molecule has 0 bridgehead atoms. The molecule has 1 aromatic rings. The van der Waals surface area contributed by atoms with Crippen molar-refractivity contribution in [1.29, 1.82) is 0 Å². The van der Waals surface area contributed by atoms with Crippen molar-refractivity contribution < 1.29 is 13.9 Å². The van der Waals surface area contributed by atoms with Crippen LogP contribution >= 0.6 is 0 Å². The van der Waals surface area contributed by atoms with Gasteiger partial charge >= 0.3 is 0 Å². The molecule has 0 saturated carbocycles. The van der Waals surface area contributed by atoms with Gasteiger partial charge in [0, 0.05) is 24.1 Å². The fourth-order valence-corrected chi connectivity index (χ4v) is 2.81. The van der Waals surface area contributed by atoms with Crippen LogP contribution < -0.4 is 10.5 Å². The summed E-state index contributed by atoms with van der Waals surface area (Å²) in [6.07, 6.45) is 0.675. The molecule has 0 aromatic heterocycles. The number of halogens is 1. The van der Waals surface area contributed by atoms with Crippen LogP contribution in [0.2, 0.25) is 0 Å². The lowest BCUT2D eigenvalue weighted by atomic mass is 9.97. The van der Waals surface area contributed by atoms with Gasteiger partial charge in [-0.1, -0.05) is 6.07 Å². The van der Waals surface area contributed by atoms with E-state index in [0.29, 0.717) is 11.3 Å². The van der Waals surface area contributed by atoms with E-state index in [9.17, 15) is 4.39 Å². The van der Waals surface area contributed by atoms with Gasteiger partial charge in [0.2, 0.25) is 0 Å². The Balaban J connectivity index is 2.17. The maximum Gasteiger partial charge on any atom is 0.131 e. The molecule has 20 heavy (non-hydrogen) atoms. The predicted octanol–water partition coefficient (Wildman–Crippen LogP) is 3.57. The maximum absolute atomic E-state index is 13.9. The summed E-state index contributed by atoms with van der Waals surface area (Å²) in [7, 11) is 0. The van der Waals surface area contributed by atoms with E-state index in [2.05, 4.69) is 0 Å².